The topological polar surface area (TPSA) is 66.0 Å². The summed E-state index contributed by atoms with van der Waals surface area (Å²) in [5, 5.41) is 7.74. The van der Waals surface area contributed by atoms with Crippen molar-refractivity contribution in [3.8, 4) is 0 Å². The molecule has 19 heavy (non-hydrogen) atoms. The first-order valence-electron chi connectivity index (χ1n) is 7.33. The van der Waals surface area contributed by atoms with Crippen molar-refractivity contribution in [1.82, 2.24) is 4.98 Å². The fourth-order valence-electron chi connectivity index (χ4n) is 3.72. The van der Waals surface area contributed by atoms with E-state index in [2.05, 4.69) is 9.88 Å². The Labute approximate surface area is 114 Å². The number of aromatic nitrogens is 1. The second kappa shape index (κ2) is 5.19. The van der Waals surface area contributed by atoms with Gasteiger partial charge >= 0.3 is 0 Å². The molecule has 0 amide bonds. The quantitative estimate of drug-likeness (QED) is 0.633. The zero-order valence-corrected chi connectivity index (χ0v) is 11.3. The van der Waals surface area contributed by atoms with Crippen LogP contribution in [-0.4, -0.2) is 23.4 Å². The van der Waals surface area contributed by atoms with Crippen molar-refractivity contribution in [2.45, 2.75) is 44.6 Å². The van der Waals surface area contributed by atoms with Crippen LogP contribution in [0.1, 0.15) is 44.1 Å². The molecule has 1 aromatic heterocycles. The zero-order valence-electron chi connectivity index (χ0n) is 11.3. The van der Waals surface area contributed by atoms with E-state index in [9.17, 15) is 0 Å². The second-order valence-electron chi connectivity index (χ2n) is 5.74. The van der Waals surface area contributed by atoms with Crippen LogP contribution >= 0.6 is 0 Å². The number of fused-ring (bicyclic) bond motifs is 1. The summed E-state index contributed by atoms with van der Waals surface area (Å²) in [6, 6.07) is 4.38. The second-order valence-corrected chi connectivity index (χ2v) is 5.74. The molecule has 2 atom stereocenters. The van der Waals surface area contributed by atoms with E-state index in [-0.39, 0.29) is 5.84 Å². The molecular formula is C15H22N4. The van der Waals surface area contributed by atoms with Crippen LogP contribution in [0.15, 0.2) is 18.3 Å². The highest BCUT2D eigenvalue weighted by Crippen LogP contribution is 2.37. The van der Waals surface area contributed by atoms with Crippen molar-refractivity contribution < 1.29 is 0 Å². The smallest absolute Gasteiger partial charge is 0.139 e. The van der Waals surface area contributed by atoms with Gasteiger partial charge in [-0.3, -0.25) is 5.41 Å². The number of nitrogens with one attached hydrogen (secondary N) is 1. The van der Waals surface area contributed by atoms with Crippen LogP contribution in [0.4, 0.5) is 5.82 Å². The third-order valence-electron chi connectivity index (χ3n) is 4.59. The molecule has 1 aromatic rings. The zero-order chi connectivity index (χ0) is 13.2. The van der Waals surface area contributed by atoms with Gasteiger partial charge in [-0.2, -0.15) is 0 Å². The van der Waals surface area contributed by atoms with Crippen LogP contribution in [0.3, 0.4) is 0 Å². The van der Waals surface area contributed by atoms with Gasteiger partial charge in [0.15, 0.2) is 0 Å². The van der Waals surface area contributed by atoms with E-state index in [4.69, 9.17) is 11.1 Å². The molecule has 0 spiro atoms. The number of nitrogen functional groups attached to an aromatic ring is 1. The minimum Gasteiger partial charge on any atom is -0.384 e. The van der Waals surface area contributed by atoms with E-state index >= 15 is 0 Å². The summed E-state index contributed by atoms with van der Waals surface area (Å²) in [5.41, 5.74) is 6.49. The molecule has 0 aromatic carbocycles. The summed E-state index contributed by atoms with van der Waals surface area (Å²) in [6.07, 6.45) is 9.70. The maximum atomic E-state index is 7.74. The lowest BCUT2D eigenvalue weighted by Crippen LogP contribution is -2.48. The highest BCUT2D eigenvalue weighted by molar-refractivity contribution is 5.99. The average molecular weight is 258 g/mol. The summed E-state index contributed by atoms with van der Waals surface area (Å²) >= 11 is 0. The number of hydrogen-bond acceptors (Lipinski definition) is 3. The minimum atomic E-state index is 0.126. The maximum Gasteiger partial charge on any atom is 0.139 e. The van der Waals surface area contributed by atoms with Gasteiger partial charge < -0.3 is 10.6 Å². The summed E-state index contributed by atoms with van der Waals surface area (Å²) in [6.45, 7) is 1.05. The van der Waals surface area contributed by atoms with Gasteiger partial charge in [0.25, 0.3) is 0 Å². The van der Waals surface area contributed by atoms with Gasteiger partial charge in [-0.15, -0.1) is 0 Å². The van der Waals surface area contributed by atoms with Crippen LogP contribution in [0.2, 0.25) is 0 Å². The summed E-state index contributed by atoms with van der Waals surface area (Å²) in [5.74, 6) is 1.86. The van der Waals surface area contributed by atoms with E-state index in [1.807, 2.05) is 18.3 Å². The molecule has 4 heteroatoms. The van der Waals surface area contributed by atoms with E-state index in [1.165, 1.54) is 38.5 Å². The van der Waals surface area contributed by atoms with Gasteiger partial charge in [0.05, 0.1) is 5.56 Å². The summed E-state index contributed by atoms with van der Waals surface area (Å²) in [4.78, 5) is 6.94. The molecule has 1 saturated carbocycles. The first-order valence-corrected chi connectivity index (χ1v) is 7.33. The molecule has 2 unspecified atom stereocenters. The lowest BCUT2D eigenvalue weighted by atomic mass is 9.78. The number of anilines is 1. The Bertz CT molecular complexity index is 469. The number of amidine groups is 1. The fraction of sp³-hybridized carbons (Fsp3) is 0.600. The van der Waals surface area contributed by atoms with Crippen molar-refractivity contribution >= 4 is 11.7 Å². The number of hydrogen-bond donors (Lipinski definition) is 2. The van der Waals surface area contributed by atoms with E-state index in [1.54, 1.807) is 0 Å². The van der Waals surface area contributed by atoms with Crippen LogP contribution in [-0.2, 0) is 0 Å². The third kappa shape index (κ3) is 2.31. The highest BCUT2D eigenvalue weighted by Gasteiger charge is 2.34. The Morgan fingerprint density at radius 3 is 2.89 bits per heavy atom. The SMILES string of the molecule is N=C(N)c1cccnc1N1CCCC2CCCCC21. The molecule has 0 radical (unpaired) electrons. The Morgan fingerprint density at radius 2 is 2.05 bits per heavy atom. The Balaban J connectivity index is 1.94. The lowest BCUT2D eigenvalue weighted by Gasteiger charge is -2.45. The number of rotatable bonds is 2. The van der Waals surface area contributed by atoms with Gasteiger partial charge in [-0.05, 0) is 43.7 Å². The summed E-state index contributed by atoms with van der Waals surface area (Å²) in [7, 11) is 0. The van der Waals surface area contributed by atoms with Gasteiger partial charge in [-0.25, -0.2) is 4.98 Å². The molecule has 2 aliphatic rings. The van der Waals surface area contributed by atoms with Gasteiger partial charge in [0.1, 0.15) is 11.7 Å². The largest absolute Gasteiger partial charge is 0.384 e. The van der Waals surface area contributed by atoms with Crippen LogP contribution < -0.4 is 10.6 Å². The predicted molar refractivity (Wildman–Crippen MR) is 77.6 cm³/mol. The average Bonchev–Trinajstić information content (AvgIpc) is 2.46. The molecule has 3 N–H and O–H groups in total. The van der Waals surface area contributed by atoms with Crippen molar-refractivity contribution in [3.05, 3.63) is 23.9 Å². The van der Waals surface area contributed by atoms with Gasteiger partial charge in [0, 0.05) is 18.8 Å². The first-order chi connectivity index (χ1) is 9.27. The Morgan fingerprint density at radius 1 is 1.26 bits per heavy atom. The minimum absolute atomic E-state index is 0.126. The first kappa shape index (κ1) is 12.5. The van der Waals surface area contributed by atoms with Crippen LogP contribution in [0.5, 0.6) is 0 Å². The molecule has 0 bridgehead atoms. The van der Waals surface area contributed by atoms with E-state index in [0.29, 0.717) is 6.04 Å². The molecule has 3 rings (SSSR count). The number of pyridine rings is 1. The molecule has 2 fully saturated rings. The van der Waals surface area contributed by atoms with Gasteiger partial charge in [-0.1, -0.05) is 12.8 Å². The number of piperidine rings is 1. The van der Waals surface area contributed by atoms with Crippen molar-refractivity contribution in [2.75, 3.05) is 11.4 Å². The van der Waals surface area contributed by atoms with Crippen LogP contribution in [0.25, 0.3) is 0 Å². The molecule has 102 valence electrons. The Hall–Kier alpha value is -1.58. The summed E-state index contributed by atoms with van der Waals surface area (Å²) < 4.78 is 0. The third-order valence-corrected chi connectivity index (χ3v) is 4.59. The van der Waals surface area contributed by atoms with E-state index < -0.39 is 0 Å². The monoisotopic (exact) mass is 258 g/mol. The highest BCUT2D eigenvalue weighted by atomic mass is 15.2. The number of nitrogens with two attached hydrogens (primary N) is 1. The van der Waals surface area contributed by atoms with Crippen molar-refractivity contribution in [2.24, 2.45) is 11.7 Å². The normalized spacial score (nSPS) is 26.8. The molecule has 1 aliphatic carbocycles. The molecule has 2 heterocycles. The molecule has 1 saturated heterocycles. The van der Waals surface area contributed by atoms with E-state index in [0.717, 1.165) is 23.8 Å². The maximum absolute atomic E-state index is 7.74. The van der Waals surface area contributed by atoms with Crippen molar-refractivity contribution in [3.63, 3.8) is 0 Å². The molecule has 1 aliphatic heterocycles. The molecular weight excluding hydrogens is 236 g/mol. The number of nitrogens with zero attached hydrogens (tertiary/aromatic N) is 2. The lowest BCUT2D eigenvalue weighted by molar-refractivity contribution is 0.242. The fourth-order valence-corrected chi connectivity index (χ4v) is 3.72. The standard InChI is InChI=1S/C15H22N4/c16-14(17)12-7-3-9-18-15(12)19-10-4-6-11-5-1-2-8-13(11)19/h3,7,9,11,13H,1-2,4-6,8,10H2,(H3,16,17). The van der Waals surface area contributed by atoms with Crippen molar-refractivity contribution in [1.29, 1.82) is 5.41 Å². The predicted octanol–water partition coefficient (Wildman–Crippen LogP) is 2.52. The van der Waals surface area contributed by atoms with Crippen LogP contribution in [0, 0.1) is 11.3 Å². The Kier molecular flexibility index (Phi) is 3.40. The van der Waals surface area contributed by atoms with Gasteiger partial charge in [0.2, 0.25) is 0 Å². The molecule has 4 nitrogen and oxygen atoms in total.